The standard InChI is InChI=1S/C13H20N2O3S/c14-13-5-1-3-11(7-13)10-19(16,17)15-8-12-4-2-6-18-9-12/h1,3,5,7,12,15H,2,4,6,8-10,14H2. The van der Waals surface area contributed by atoms with E-state index >= 15 is 0 Å². The van der Waals surface area contributed by atoms with Crippen molar-refractivity contribution >= 4 is 15.7 Å². The van der Waals surface area contributed by atoms with Crippen molar-refractivity contribution in [2.24, 2.45) is 5.92 Å². The Kier molecular flexibility index (Phi) is 4.79. The van der Waals surface area contributed by atoms with Gasteiger partial charge in [0, 0.05) is 18.8 Å². The Morgan fingerprint density at radius 3 is 2.95 bits per heavy atom. The summed E-state index contributed by atoms with van der Waals surface area (Å²) in [6, 6.07) is 6.94. The summed E-state index contributed by atoms with van der Waals surface area (Å²) in [6.45, 7) is 1.87. The van der Waals surface area contributed by atoms with E-state index in [0.717, 1.165) is 19.4 Å². The Morgan fingerprint density at radius 1 is 1.42 bits per heavy atom. The van der Waals surface area contributed by atoms with Crippen LogP contribution in [-0.4, -0.2) is 28.2 Å². The average Bonchev–Trinajstić information content (AvgIpc) is 2.37. The first-order chi connectivity index (χ1) is 9.05. The number of rotatable bonds is 5. The zero-order valence-electron chi connectivity index (χ0n) is 10.8. The van der Waals surface area contributed by atoms with E-state index in [9.17, 15) is 8.42 Å². The molecule has 6 heteroatoms. The van der Waals surface area contributed by atoms with Gasteiger partial charge in [-0.1, -0.05) is 12.1 Å². The van der Waals surface area contributed by atoms with Gasteiger partial charge >= 0.3 is 0 Å². The molecule has 0 saturated carbocycles. The molecule has 0 amide bonds. The maximum absolute atomic E-state index is 12.0. The number of hydrogen-bond acceptors (Lipinski definition) is 4. The van der Waals surface area contributed by atoms with Gasteiger partial charge in [0.1, 0.15) is 0 Å². The fourth-order valence-corrected chi connectivity index (χ4v) is 3.38. The summed E-state index contributed by atoms with van der Waals surface area (Å²) in [6.07, 6.45) is 2.02. The first-order valence-corrected chi connectivity index (χ1v) is 8.10. The third-order valence-corrected chi connectivity index (χ3v) is 4.47. The van der Waals surface area contributed by atoms with Crippen LogP contribution >= 0.6 is 0 Å². The summed E-state index contributed by atoms with van der Waals surface area (Å²) in [5.74, 6) is 0.246. The predicted molar refractivity (Wildman–Crippen MR) is 75.0 cm³/mol. The molecule has 1 heterocycles. The van der Waals surface area contributed by atoms with Crippen molar-refractivity contribution in [3.8, 4) is 0 Å². The van der Waals surface area contributed by atoms with Crippen LogP contribution in [0.25, 0.3) is 0 Å². The minimum absolute atomic E-state index is 0.0361. The number of nitrogens with one attached hydrogen (secondary N) is 1. The normalized spacial score (nSPS) is 20.3. The van der Waals surface area contributed by atoms with Crippen LogP contribution in [-0.2, 0) is 20.5 Å². The minimum Gasteiger partial charge on any atom is -0.399 e. The van der Waals surface area contributed by atoms with Crippen molar-refractivity contribution in [3.05, 3.63) is 29.8 Å². The van der Waals surface area contributed by atoms with Gasteiger partial charge in [-0.05, 0) is 36.5 Å². The zero-order valence-corrected chi connectivity index (χ0v) is 11.7. The molecule has 106 valence electrons. The smallest absolute Gasteiger partial charge is 0.215 e. The molecular formula is C13H20N2O3S. The minimum atomic E-state index is -3.31. The van der Waals surface area contributed by atoms with Crippen LogP contribution in [0.2, 0.25) is 0 Å². The first-order valence-electron chi connectivity index (χ1n) is 6.45. The second-order valence-electron chi connectivity index (χ2n) is 4.94. The van der Waals surface area contributed by atoms with Gasteiger partial charge in [0.05, 0.1) is 12.4 Å². The second-order valence-corrected chi connectivity index (χ2v) is 6.74. The average molecular weight is 284 g/mol. The van der Waals surface area contributed by atoms with Crippen LogP contribution in [0.4, 0.5) is 5.69 Å². The molecule has 0 aromatic heterocycles. The lowest BCUT2D eigenvalue weighted by molar-refractivity contribution is 0.0568. The maximum Gasteiger partial charge on any atom is 0.215 e. The van der Waals surface area contributed by atoms with Crippen molar-refractivity contribution in [2.75, 3.05) is 25.5 Å². The quantitative estimate of drug-likeness (QED) is 0.794. The molecule has 5 nitrogen and oxygen atoms in total. The number of ether oxygens (including phenoxy) is 1. The molecule has 2 rings (SSSR count). The molecule has 1 aromatic carbocycles. The van der Waals surface area contributed by atoms with Crippen molar-refractivity contribution in [1.29, 1.82) is 0 Å². The second kappa shape index (κ2) is 6.36. The van der Waals surface area contributed by atoms with Gasteiger partial charge in [-0.25, -0.2) is 13.1 Å². The summed E-state index contributed by atoms with van der Waals surface area (Å²) in [5.41, 5.74) is 6.92. The van der Waals surface area contributed by atoms with Gasteiger partial charge in [0.15, 0.2) is 0 Å². The number of hydrogen-bond donors (Lipinski definition) is 2. The highest BCUT2D eigenvalue weighted by Crippen LogP contribution is 2.14. The molecule has 1 aromatic rings. The van der Waals surface area contributed by atoms with E-state index in [1.54, 1.807) is 24.3 Å². The monoisotopic (exact) mass is 284 g/mol. The van der Waals surface area contributed by atoms with Gasteiger partial charge < -0.3 is 10.5 Å². The fourth-order valence-electron chi connectivity index (χ4n) is 2.17. The lowest BCUT2D eigenvalue weighted by Gasteiger charge is -2.22. The highest BCUT2D eigenvalue weighted by molar-refractivity contribution is 7.88. The predicted octanol–water partition coefficient (Wildman–Crippen LogP) is 1.11. The first kappa shape index (κ1) is 14.3. The van der Waals surface area contributed by atoms with Gasteiger partial charge in [0.25, 0.3) is 0 Å². The molecule has 0 spiro atoms. The molecule has 19 heavy (non-hydrogen) atoms. The van der Waals surface area contributed by atoms with Crippen LogP contribution in [0.1, 0.15) is 18.4 Å². The molecule has 1 aliphatic rings. The number of benzene rings is 1. The van der Waals surface area contributed by atoms with Gasteiger partial charge in [-0.2, -0.15) is 0 Å². The number of nitrogens with two attached hydrogens (primary N) is 1. The molecule has 1 aliphatic heterocycles. The summed E-state index contributed by atoms with van der Waals surface area (Å²) in [7, 11) is -3.31. The van der Waals surface area contributed by atoms with E-state index in [4.69, 9.17) is 10.5 Å². The highest BCUT2D eigenvalue weighted by Gasteiger charge is 2.18. The lowest BCUT2D eigenvalue weighted by Crippen LogP contribution is -2.33. The molecule has 1 saturated heterocycles. The van der Waals surface area contributed by atoms with Gasteiger partial charge in [-0.3, -0.25) is 0 Å². The zero-order chi connectivity index (χ0) is 13.7. The molecule has 1 unspecified atom stereocenters. The molecule has 3 N–H and O–H groups in total. The number of anilines is 1. The molecule has 0 radical (unpaired) electrons. The number of nitrogen functional groups attached to an aromatic ring is 1. The summed E-state index contributed by atoms with van der Waals surface area (Å²) < 4.78 is 31.9. The third kappa shape index (κ3) is 4.81. The molecule has 1 fully saturated rings. The van der Waals surface area contributed by atoms with Crippen LogP contribution in [0.15, 0.2) is 24.3 Å². The molecular weight excluding hydrogens is 264 g/mol. The van der Waals surface area contributed by atoms with E-state index in [1.807, 2.05) is 0 Å². The van der Waals surface area contributed by atoms with E-state index < -0.39 is 10.0 Å². The Labute approximate surface area is 114 Å². The Morgan fingerprint density at radius 2 is 2.26 bits per heavy atom. The van der Waals surface area contributed by atoms with Crippen LogP contribution in [0, 0.1) is 5.92 Å². The van der Waals surface area contributed by atoms with E-state index in [-0.39, 0.29) is 11.7 Å². The molecule has 1 atom stereocenters. The lowest BCUT2D eigenvalue weighted by atomic mass is 10.0. The summed E-state index contributed by atoms with van der Waals surface area (Å²) >= 11 is 0. The third-order valence-electron chi connectivity index (χ3n) is 3.15. The van der Waals surface area contributed by atoms with E-state index in [1.165, 1.54) is 0 Å². The summed E-state index contributed by atoms with van der Waals surface area (Å²) in [4.78, 5) is 0. The Hall–Kier alpha value is -1.11. The molecule has 0 aliphatic carbocycles. The van der Waals surface area contributed by atoms with E-state index in [2.05, 4.69) is 4.72 Å². The number of sulfonamides is 1. The Balaban J connectivity index is 1.87. The van der Waals surface area contributed by atoms with Crippen molar-refractivity contribution in [1.82, 2.24) is 4.72 Å². The highest BCUT2D eigenvalue weighted by atomic mass is 32.2. The van der Waals surface area contributed by atoms with Crippen LogP contribution in [0.5, 0.6) is 0 Å². The van der Waals surface area contributed by atoms with Crippen molar-refractivity contribution in [3.63, 3.8) is 0 Å². The van der Waals surface area contributed by atoms with Crippen LogP contribution in [0.3, 0.4) is 0 Å². The maximum atomic E-state index is 12.0. The molecule has 0 bridgehead atoms. The fraction of sp³-hybridized carbons (Fsp3) is 0.538. The van der Waals surface area contributed by atoms with Crippen LogP contribution < -0.4 is 10.5 Å². The largest absolute Gasteiger partial charge is 0.399 e. The van der Waals surface area contributed by atoms with Gasteiger partial charge in [-0.15, -0.1) is 0 Å². The van der Waals surface area contributed by atoms with Crippen molar-refractivity contribution < 1.29 is 13.2 Å². The van der Waals surface area contributed by atoms with Crippen molar-refractivity contribution in [2.45, 2.75) is 18.6 Å². The SMILES string of the molecule is Nc1cccc(CS(=O)(=O)NCC2CCCOC2)c1. The Bertz CT molecular complexity index is 510. The topological polar surface area (TPSA) is 81.4 Å². The summed E-state index contributed by atoms with van der Waals surface area (Å²) in [5, 5.41) is 0. The van der Waals surface area contributed by atoms with Gasteiger partial charge in [0.2, 0.25) is 10.0 Å². The van der Waals surface area contributed by atoms with E-state index in [0.29, 0.717) is 24.4 Å².